The van der Waals surface area contributed by atoms with Crippen molar-refractivity contribution in [2.45, 2.75) is 13.3 Å². The van der Waals surface area contributed by atoms with Gasteiger partial charge in [-0.2, -0.15) is 0 Å². The van der Waals surface area contributed by atoms with E-state index in [1.807, 2.05) is 0 Å². The summed E-state index contributed by atoms with van der Waals surface area (Å²) in [5, 5.41) is 17.5. The summed E-state index contributed by atoms with van der Waals surface area (Å²) in [6, 6.07) is 0. The van der Waals surface area contributed by atoms with Crippen LogP contribution >= 0.6 is 0 Å². The van der Waals surface area contributed by atoms with Gasteiger partial charge >= 0.3 is 5.97 Å². The molecule has 0 saturated heterocycles. The van der Waals surface area contributed by atoms with E-state index in [1.165, 1.54) is 6.92 Å². The topological polar surface area (TPSA) is 87.1 Å². The van der Waals surface area contributed by atoms with E-state index in [1.54, 1.807) is 10.8 Å². The summed E-state index contributed by atoms with van der Waals surface area (Å²) in [5.74, 6) is 1.22. The Hall–Kier alpha value is -1.20. The van der Waals surface area contributed by atoms with Gasteiger partial charge in [-0.25, -0.2) is 4.79 Å². The summed E-state index contributed by atoms with van der Waals surface area (Å²) < 4.78 is 4.81. The van der Waals surface area contributed by atoms with E-state index in [0.29, 0.717) is 25.2 Å². The van der Waals surface area contributed by atoms with Crippen LogP contribution in [0.2, 0.25) is 0 Å². The number of ether oxygens (including phenoxy) is 1. The van der Waals surface area contributed by atoms with Crippen LogP contribution in [0.1, 0.15) is 13.3 Å². The van der Waals surface area contributed by atoms with E-state index in [-0.39, 0.29) is 26.2 Å². The lowest BCUT2D eigenvalue weighted by Crippen LogP contribution is -2.32. The first-order valence-corrected chi connectivity index (χ1v) is 5.44. The normalized spacial score (nSPS) is 10.1. The molecule has 17 heavy (non-hydrogen) atoms. The molecule has 0 aliphatic rings. The predicted molar refractivity (Wildman–Crippen MR) is 61.1 cm³/mol. The number of carbonyl (C=O) groups is 1. The van der Waals surface area contributed by atoms with Gasteiger partial charge in [0.15, 0.2) is 0 Å². The molecule has 6 nitrogen and oxygen atoms in total. The van der Waals surface area contributed by atoms with Gasteiger partial charge in [0.1, 0.15) is 12.5 Å². The van der Waals surface area contributed by atoms with Gasteiger partial charge in [0.2, 0.25) is 0 Å². The smallest absolute Gasteiger partial charge is 0.307 e. The molecule has 0 amide bonds. The number of aliphatic hydroxyl groups excluding tert-OH is 2. The van der Waals surface area contributed by atoms with E-state index in [2.05, 4.69) is 0 Å². The SMILES string of the molecule is CC(=C=O)COC(=O)CCN(CCO)CCO. The zero-order valence-corrected chi connectivity index (χ0v) is 10.0. The molecular weight excluding hydrogens is 226 g/mol. The van der Waals surface area contributed by atoms with Crippen molar-refractivity contribution in [2.75, 3.05) is 39.5 Å². The van der Waals surface area contributed by atoms with Crippen LogP contribution in [0.15, 0.2) is 5.57 Å². The van der Waals surface area contributed by atoms with Crippen LogP contribution in [0.25, 0.3) is 0 Å². The van der Waals surface area contributed by atoms with Gasteiger partial charge in [0.25, 0.3) is 0 Å². The number of aliphatic hydroxyl groups is 2. The maximum Gasteiger partial charge on any atom is 0.307 e. The van der Waals surface area contributed by atoms with Crippen LogP contribution in [0.4, 0.5) is 0 Å². The fourth-order valence-electron chi connectivity index (χ4n) is 1.16. The molecule has 0 aliphatic heterocycles. The first-order chi connectivity index (χ1) is 8.13. The lowest BCUT2D eigenvalue weighted by molar-refractivity contribution is -0.143. The molecule has 6 heteroatoms. The number of hydrogen-bond donors (Lipinski definition) is 2. The second-order valence-electron chi connectivity index (χ2n) is 3.58. The molecule has 0 bridgehead atoms. The quantitative estimate of drug-likeness (QED) is 0.399. The van der Waals surface area contributed by atoms with Crippen molar-refractivity contribution in [3.05, 3.63) is 5.57 Å². The fourth-order valence-corrected chi connectivity index (χ4v) is 1.16. The van der Waals surface area contributed by atoms with Crippen molar-refractivity contribution in [3.8, 4) is 0 Å². The molecule has 0 rings (SSSR count). The van der Waals surface area contributed by atoms with Gasteiger partial charge in [-0.05, 0) is 6.92 Å². The summed E-state index contributed by atoms with van der Waals surface area (Å²) in [6.45, 7) is 2.66. The summed E-state index contributed by atoms with van der Waals surface area (Å²) in [6.07, 6.45) is 0.159. The minimum absolute atomic E-state index is 0.0258. The molecule has 2 N–H and O–H groups in total. The number of hydrogen-bond acceptors (Lipinski definition) is 6. The Balaban J connectivity index is 3.83. The Kier molecular flexibility index (Phi) is 9.28. The van der Waals surface area contributed by atoms with Crippen molar-refractivity contribution in [2.24, 2.45) is 0 Å². The molecule has 0 aromatic carbocycles. The van der Waals surface area contributed by atoms with Crippen molar-refractivity contribution >= 4 is 11.9 Å². The Bertz CT molecular complexity index is 267. The minimum atomic E-state index is -0.416. The summed E-state index contributed by atoms with van der Waals surface area (Å²) in [7, 11) is 0. The van der Waals surface area contributed by atoms with Crippen molar-refractivity contribution in [1.29, 1.82) is 0 Å². The van der Waals surface area contributed by atoms with Crippen LogP contribution in [-0.2, 0) is 14.3 Å². The molecule has 0 radical (unpaired) electrons. The highest BCUT2D eigenvalue weighted by molar-refractivity contribution is 5.70. The van der Waals surface area contributed by atoms with E-state index in [0.717, 1.165) is 0 Å². The highest BCUT2D eigenvalue weighted by Gasteiger charge is 2.08. The first kappa shape index (κ1) is 15.8. The average Bonchev–Trinajstić information content (AvgIpc) is 2.33. The maximum absolute atomic E-state index is 11.3. The van der Waals surface area contributed by atoms with Gasteiger partial charge < -0.3 is 14.9 Å². The highest BCUT2D eigenvalue weighted by atomic mass is 16.5. The summed E-state index contributed by atoms with van der Waals surface area (Å²) in [5.41, 5.74) is 0.334. The zero-order valence-electron chi connectivity index (χ0n) is 10.0. The van der Waals surface area contributed by atoms with Crippen molar-refractivity contribution in [3.63, 3.8) is 0 Å². The second kappa shape index (κ2) is 9.99. The zero-order chi connectivity index (χ0) is 13.1. The highest BCUT2D eigenvalue weighted by Crippen LogP contribution is 1.95. The molecule has 0 unspecified atom stereocenters. The Morgan fingerprint density at radius 2 is 1.82 bits per heavy atom. The third-order valence-corrected chi connectivity index (χ3v) is 2.09. The standard InChI is InChI=1S/C11H19NO5/c1-10(8-15)9-17-11(16)2-3-12(4-6-13)5-7-14/h13-14H,2-7,9H2,1H3. The molecule has 0 atom stereocenters. The monoisotopic (exact) mass is 245 g/mol. The molecule has 0 spiro atoms. The van der Waals surface area contributed by atoms with E-state index in [9.17, 15) is 9.59 Å². The van der Waals surface area contributed by atoms with Crippen LogP contribution < -0.4 is 0 Å². The third kappa shape index (κ3) is 8.59. The van der Waals surface area contributed by atoms with Gasteiger partial charge in [0.05, 0.1) is 19.6 Å². The molecule has 0 fully saturated rings. The largest absolute Gasteiger partial charge is 0.460 e. The van der Waals surface area contributed by atoms with Gasteiger partial charge in [0, 0.05) is 25.2 Å². The number of esters is 1. The number of carbonyl (C=O) groups excluding carboxylic acids is 2. The van der Waals surface area contributed by atoms with Gasteiger partial charge in [-0.3, -0.25) is 9.69 Å². The molecular formula is C11H19NO5. The van der Waals surface area contributed by atoms with Crippen LogP contribution in [-0.4, -0.2) is 66.5 Å². The predicted octanol–water partition coefficient (Wildman–Crippen LogP) is -1.02. The van der Waals surface area contributed by atoms with E-state index < -0.39 is 5.97 Å². The number of nitrogens with zero attached hydrogens (tertiary/aromatic N) is 1. The maximum atomic E-state index is 11.3. The molecule has 0 aliphatic carbocycles. The first-order valence-electron chi connectivity index (χ1n) is 5.44. The minimum Gasteiger partial charge on any atom is -0.460 e. The van der Waals surface area contributed by atoms with Gasteiger partial charge in [-0.1, -0.05) is 0 Å². The molecule has 0 heterocycles. The average molecular weight is 245 g/mol. The molecule has 0 aromatic heterocycles. The van der Waals surface area contributed by atoms with Crippen molar-refractivity contribution in [1.82, 2.24) is 4.90 Å². The van der Waals surface area contributed by atoms with E-state index in [4.69, 9.17) is 14.9 Å². The Morgan fingerprint density at radius 1 is 1.24 bits per heavy atom. The number of rotatable bonds is 9. The Morgan fingerprint density at radius 3 is 2.29 bits per heavy atom. The molecule has 98 valence electrons. The Labute approximate surface area is 100 Å². The lowest BCUT2D eigenvalue weighted by Gasteiger charge is -2.19. The lowest BCUT2D eigenvalue weighted by atomic mass is 10.3. The van der Waals surface area contributed by atoms with Crippen molar-refractivity contribution < 1.29 is 24.5 Å². The van der Waals surface area contributed by atoms with Gasteiger partial charge in [-0.15, -0.1) is 0 Å². The van der Waals surface area contributed by atoms with Crippen LogP contribution in [0, 0.1) is 0 Å². The van der Waals surface area contributed by atoms with Crippen LogP contribution in [0.3, 0.4) is 0 Å². The van der Waals surface area contributed by atoms with E-state index >= 15 is 0 Å². The third-order valence-electron chi connectivity index (χ3n) is 2.09. The van der Waals surface area contributed by atoms with Crippen LogP contribution in [0.5, 0.6) is 0 Å². The molecule has 0 aromatic rings. The second-order valence-corrected chi connectivity index (χ2v) is 3.58. The summed E-state index contributed by atoms with van der Waals surface area (Å²) >= 11 is 0. The molecule has 0 saturated carbocycles. The summed E-state index contributed by atoms with van der Waals surface area (Å²) in [4.78, 5) is 23.1. The fraction of sp³-hybridized carbons (Fsp3) is 0.727.